The number of aromatic nitrogens is 1. The Balaban J connectivity index is 1.76. The number of nitrogens with zero attached hydrogens (tertiary/aromatic N) is 1. The summed E-state index contributed by atoms with van der Waals surface area (Å²) in [6.07, 6.45) is 13.3. The third-order valence-corrected chi connectivity index (χ3v) is 6.35. The van der Waals surface area contributed by atoms with Gasteiger partial charge in [-0.3, -0.25) is 0 Å². The molecule has 1 aromatic carbocycles. The molecule has 0 saturated carbocycles. The lowest BCUT2D eigenvalue weighted by Gasteiger charge is -2.28. The van der Waals surface area contributed by atoms with Crippen molar-refractivity contribution in [2.75, 3.05) is 0 Å². The molecule has 0 fully saturated rings. The molecule has 2 aliphatic carbocycles. The van der Waals surface area contributed by atoms with Gasteiger partial charge in [-0.05, 0) is 54.4 Å². The molecule has 1 N–H and O–H groups in total. The summed E-state index contributed by atoms with van der Waals surface area (Å²) in [6, 6.07) is 8.00. The van der Waals surface area contributed by atoms with E-state index < -0.39 is 5.97 Å². The van der Waals surface area contributed by atoms with E-state index in [0.29, 0.717) is 5.92 Å². The van der Waals surface area contributed by atoms with Crippen LogP contribution < -0.4 is 4.57 Å². The highest BCUT2D eigenvalue weighted by atomic mass is 32.1. The Morgan fingerprint density at radius 1 is 1.27 bits per heavy atom. The molecule has 0 bridgehead atoms. The van der Waals surface area contributed by atoms with Crippen LogP contribution in [0.5, 0.6) is 0 Å². The van der Waals surface area contributed by atoms with Gasteiger partial charge in [0.25, 0.3) is 5.01 Å². The van der Waals surface area contributed by atoms with E-state index in [2.05, 4.69) is 30.9 Å². The zero-order valence-electron chi connectivity index (χ0n) is 14.6. The van der Waals surface area contributed by atoms with Crippen molar-refractivity contribution in [1.82, 2.24) is 0 Å². The standard InChI is InChI=1S/C22H21NO2S/c1-2-15-7-9-17-10-8-16(12-18(17)11-15)13-21-23(14-22(24)25)19-5-3-4-6-20(19)26-21/h2-6,11-13,17H,1,7-10,14H2/p+1/b16-13+. The lowest BCUT2D eigenvalue weighted by Crippen LogP contribution is -2.39. The lowest BCUT2D eigenvalue weighted by molar-refractivity contribution is -0.657. The van der Waals surface area contributed by atoms with E-state index in [1.54, 1.807) is 11.3 Å². The Morgan fingerprint density at radius 3 is 2.88 bits per heavy atom. The predicted octanol–water partition coefficient (Wildman–Crippen LogP) is 4.90. The molecular weight excluding hydrogens is 342 g/mol. The Kier molecular flexibility index (Phi) is 4.60. The summed E-state index contributed by atoms with van der Waals surface area (Å²) in [5.74, 6) is -0.157. The summed E-state index contributed by atoms with van der Waals surface area (Å²) in [5, 5.41) is 10.3. The number of benzene rings is 1. The summed E-state index contributed by atoms with van der Waals surface area (Å²) >= 11 is 1.66. The number of rotatable bonds is 4. The van der Waals surface area contributed by atoms with Crippen LogP contribution >= 0.6 is 11.3 Å². The average Bonchev–Trinajstić information content (AvgIpc) is 2.98. The molecule has 1 atom stereocenters. The second kappa shape index (κ2) is 7.04. The maximum absolute atomic E-state index is 11.3. The van der Waals surface area contributed by atoms with E-state index in [9.17, 15) is 9.90 Å². The number of carboxylic acids is 1. The Hall–Kier alpha value is -2.46. The number of allylic oxidation sites excluding steroid dienone is 6. The second-order valence-electron chi connectivity index (χ2n) is 6.95. The molecule has 0 spiro atoms. The number of aliphatic carboxylic acids is 1. The number of hydrogen-bond acceptors (Lipinski definition) is 2. The summed E-state index contributed by atoms with van der Waals surface area (Å²) < 4.78 is 3.03. The molecule has 4 heteroatoms. The van der Waals surface area contributed by atoms with Crippen molar-refractivity contribution in [3.05, 3.63) is 70.8 Å². The van der Waals surface area contributed by atoms with Crippen molar-refractivity contribution >= 4 is 33.6 Å². The quantitative estimate of drug-likeness (QED) is 0.784. The minimum absolute atomic E-state index is 0.0111. The molecule has 0 amide bonds. The van der Waals surface area contributed by atoms with Crippen molar-refractivity contribution in [3.8, 4) is 0 Å². The highest BCUT2D eigenvalue weighted by molar-refractivity contribution is 7.18. The fraction of sp³-hybridized carbons (Fsp3) is 0.273. The van der Waals surface area contributed by atoms with Crippen LogP contribution in [0.2, 0.25) is 0 Å². The van der Waals surface area contributed by atoms with Gasteiger partial charge in [-0.1, -0.05) is 48.3 Å². The molecule has 2 aromatic rings. The van der Waals surface area contributed by atoms with Crippen molar-refractivity contribution in [2.45, 2.75) is 32.2 Å². The van der Waals surface area contributed by atoms with Gasteiger partial charge < -0.3 is 5.11 Å². The van der Waals surface area contributed by atoms with E-state index in [1.165, 1.54) is 29.6 Å². The molecule has 26 heavy (non-hydrogen) atoms. The van der Waals surface area contributed by atoms with Crippen LogP contribution in [-0.2, 0) is 11.3 Å². The van der Waals surface area contributed by atoms with E-state index in [0.717, 1.165) is 28.1 Å². The second-order valence-corrected chi connectivity index (χ2v) is 8.01. The van der Waals surface area contributed by atoms with Crippen LogP contribution in [0.4, 0.5) is 0 Å². The fourth-order valence-electron chi connectivity index (χ4n) is 3.90. The van der Waals surface area contributed by atoms with Crippen molar-refractivity contribution < 1.29 is 14.5 Å². The molecule has 0 saturated heterocycles. The Bertz CT molecular complexity index is 977. The molecular formula is C22H22NO2S+. The summed E-state index contributed by atoms with van der Waals surface area (Å²) in [6.45, 7) is 3.89. The van der Waals surface area contributed by atoms with Gasteiger partial charge in [0.05, 0.1) is 0 Å². The van der Waals surface area contributed by atoms with Crippen LogP contribution in [-0.4, -0.2) is 11.1 Å². The molecule has 4 rings (SSSR count). The highest BCUT2D eigenvalue weighted by Crippen LogP contribution is 2.38. The number of carboxylic acid groups (broad SMARTS) is 1. The maximum atomic E-state index is 11.3. The van der Waals surface area contributed by atoms with Gasteiger partial charge in [0.2, 0.25) is 12.1 Å². The highest BCUT2D eigenvalue weighted by Gasteiger charge is 2.25. The molecule has 1 aromatic heterocycles. The smallest absolute Gasteiger partial charge is 0.370 e. The molecule has 0 aliphatic heterocycles. The zero-order valence-corrected chi connectivity index (χ0v) is 15.5. The van der Waals surface area contributed by atoms with Crippen molar-refractivity contribution in [1.29, 1.82) is 0 Å². The van der Waals surface area contributed by atoms with Crippen molar-refractivity contribution in [3.63, 3.8) is 0 Å². The SMILES string of the molecule is C=CC1=CC2=C/C(=C/c3sc4ccccc4[n+]3CC(=O)O)CCC2CC1. The van der Waals surface area contributed by atoms with Gasteiger partial charge in [-0.2, -0.15) is 4.57 Å². The van der Waals surface area contributed by atoms with Gasteiger partial charge >= 0.3 is 5.97 Å². The van der Waals surface area contributed by atoms with Crippen LogP contribution in [0.3, 0.4) is 0 Å². The first kappa shape index (κ1) is 17.0. The monoisotopic (exact) mass is 364 g/mol. The number of para-hydroxylation sites is 1. The van der Waals surface area contributed by atoms with E-state index in [-0.39, 0.29) is 6.54 Å². The van der Waals surface area contributed by atoms with Crippen molar-refractivity contribution in [2.24, 2.45) is 5.92 Å². The molecule has 0 radical (unpaired) electrons. The number of thiazole rings is 1. The van der Waals surface area contributed by atoms with E-state index >= 15 is 0 Å². The largest absolute Gasteiger partial charge is 0.477 e. The molecule has 3 nitrogen and oxygen atoms in total. The number of hydrogen-bond donors (Lipinski definition) is 1. The average molecular weight is 364 g/mol. The fourth-order valence-corrected chi connectivity index (χ4v) is 5.04. The van der Waals surface area contributed by atoms with Gasteiger partial charge in [0.15, 0.2) is 0 Å². The van der Waals surface area contributed by atoms with E-state index in [4.69, 9.17) is 0 Å². The zero-order chi connectivity index (χ0) is 18.1. The molecule has 1 unspecified atom stereocenters. The minimum atomic E-state index is -0.814. The predicted molar refractivity (Wildman–Crippen MR) is 106 cm³/mol. The molecule has 2 aliphatic rings. The van der Waals surface area contributed by atoms with Gasteiger partial charge in [-0.25, -0.2) is 4.79 Å². The normalized spacial score (nSPS) is 21.2. The van der Waals surface area contributed by atoms with E-state index in [1.807, 2.05) is 28.8 Å². The van der Waals surface area contributed by atoms with Crippen LogP contribution in [0, 0.1) is 5.92 Å². The maximum Gasteiger partial charge on any atom is 0.370 e. The lowest BCUT2D eigenvalue weighted by atomic mass is 9.77. The van der Waals surface area contributed by atoms with Crippen LogP contribution in [0.1, 0.15) is 30.7 Å². The van der Waals surface area contributed by atoms with Crippen LogP contribution in [0.25, 0.3) is 16.3 Å². The van der Waals surface area contributed by atoms with Gasteiger partial charge in [0, 0.05) is 12.1 Å². The number of carbonyl (C=O) groups is 1. The molecule has 132 valence electrons. The summed E-state index contributed by atoms with van der Waals surface area (Å²) in [4.78, 5) is 11.3. The minimum Gasteiger partial charge on any atom is -0.477 e. The third kappa shape index (κ3) is 3.29. The third-order valence-electron chi connectivity index (χ3n) is 5.24. The van der Waals surface area contributed by atoms with Crippen LogP contribution in [0.15, 0.2) is 65.8 Å². The summed E-state index contributed by atoms with van der Waals surface area (Å²) in [7, 11) is 0. The first-order valence-electron chi connectivity index (χ1n) is 9.02. The first-order valence-corrected chi connectivity index (χ1v) is 9.84. The Labute approximate surface area is 157 Å². The Morgan fingerprint density at radius 2 is 2.08 bits per heavy atom. The van der Waals surface area contributed by atoms with Gasteiger partial charge in [0.1, 0.15) is 4.70 Å². The summed E-state index contributed by atoms with van der Waals surface area (Å²) in [5.41, 5.74) is 4.98. The topological polar surface area (TPSA) is 41.2 Å². The number of fused-ring (bicyclic) bond motifs is 2. The van der Waals surface area contributed by atoms with Gasteiger partial charge in [-0.15, -0.1) is 0 Å². The first-order chi connectivity index (χ1) is 12.6. The molecule has 1 heterocycles.